The van der Waals surface area contributed by atoms with Crippen LogP contribution in [0.4, 0.5) is 5.69 Å². The molecular formula is C23H23BrN2O. The first-order chi connectivity index (χ1) is 13.2. The minimum Gasteiger partial charge on any atom is -0.377 e. The first-order valence-electron chi connectivity index (χ1n) is 9.83. The number of carbonyl (C=O) groups is 1. The fourth-order valence-corrected chi connectivity index (χ4v) is 5.15. The molecule has 27 heavy (non-hydrogen) atoms. The minimum absolute atomic E-state index is 0.173. The fraction of sp³-hybridized carbons (Fsp3) is 0.348. The van der Waals surface area contributed by atoms with Gasteiger partial charge in [-0.15, -0.1) is 0 Å². The molecule has 2 aromatic rings. The molecule has 1 aliphatic carbocycles. The maximum Gasteiger partial charge on any atom is 0.255 e. The zero-order chi connectivity index (χ0) is 18.4. The number of para-hydroxylation sites is 1. The Bertz CT molecular complexity index is 899. The second-order valence-electron chi connectivity index (χ2n) is 7.80. The Morgan fingerprint density at radius 1 is 1.07 bits per heavy atom. The molecule has 138 valence electrons. The van der Waals surface area contributed by atoms with Crippen molar-refractivity contribution in [1.29, 1.82) is 0 Å². The summed E-state index contributed by atoms with van der Waals surface area (Å²) in [6, 6.07) is 15.0. The predicted molar refractivity (Wildman–Crippen MR) is 112 cm³/mol. The van der Waals surface area contributed by atoms with E-state index in [4.69, 9.17) is 0 Å². The highest BCUT2D eigenvalue weighted by atomic mass is 79.9. The molecule has 1 N–H and O–H groups in total. The van der Waals surface area contributed by atoms with Gasteiger partial charge in [0.05, 0.1) is 17.3 Å². The van der Waals surface area contributed by atoms with Crippen LogP contribution in [0.15, 0.2) is 59.1 Å². The van der Waals surface area contributed by atoms with Crippen molar-refractivity contribution in [3.63, 3.8) is 0 Å². The lowest BCUT2D eigenvalue weighted by Crippen LogP contribution is -2.33. The molecule has 3 aliphatic rings. The van der Waals surface area contributed by atoms with Crippen LogP contribution >= 0.6 is 15.9 Å². The third-order valence-corrected chi connectivity index (χ3v) is 6.78. The summed E-state index contributed by atoms with van der Waals surface area (Å²) in [5.74, 6) is 1.05. The number of amides is 1. The Hall–Kier alpha value is -2.07. The summed E-state index contributed by atoms with van der Waals surface area (Å²) in [5, 5.41) is 3.77. The Morgan fingerprint density at radius 3 is 2.63 bits per heavy atom. The average Bonchev–Trinajstić information content (AvgIpc) is 3.39. The van der Waals surface area contributed by atoms with Crippen molar-refractivity contribution in [2.24, 2.45) is 5.92 Å². The van der Waals surface area contributed by atoms with Crippen LogP contribution in [0.3, 0.4) is 0 Å². The summed E-state index contributed by atoms with van der Waals surface area (Å²) < 4.78 is 1.09. The van der Waals surface area contributed by atoms with Crippen LogP contribution in [0.1, 0.15) is 52.7 Å². The van der Waals surface area contributed by atoms with Gasteiger partial charge in [0.1, 0.15) is 0 Å². The molecule has 0 aromatic heterocycles. The van der Waals surface area contributed by atoms with Gasteiger partial charge in [-0.05, 0) is 54.5 Å². The molecule has 2 aromatic carbocycles. The van der Waals surface area contributed by atoms with Crippen LogP contribution in [0.5, 0.6) is 0 Å². The lowest BCUT2D eigenvalue weighted by molar-refractivity contribution is 0.0793. The highest BCUT2D eigenvalue weighted by Crippen LogP contribution is 2.50. The van der Waals surface area contributed by atoms with E-state index in [0.717, 1.165) is 48.1 Å². The van der Waals surface area contributed by atoms with Crippen LogP contribution < -0.4 is 5.32 Å². The minimum atomic E-state index is 0.173. The molecule has 0 saturated carbocycles. The number of halogens is 1. The van der Waals surface area contributed by atoms with E-state index in [0.29, 0.717) is 11.8 Å². The van der Waals surface area contributed by atoms with Crippen molar-refractivity contribution in [1.82, 2.24) is 4.90 Å². The second-order valence-corrected chi connectivity index (χ2v) is 8.71. The van der Waals surface area contributed by atoms with Gasteiger partial charge in [-0.2, -0.15) is 0 Å². The number of nitrogens with one attached hydrogen (secondary N) is 1. The van der Waals surface area contributed by atoms with Crippen LogP contribution in [-0.4, -0.2) is 23.9 Å². The number of carbonyl (C=O) groups excluding carboxylic acids is 1. The predicted octanol–water partition coefficient (Wildman–Crippen LogP) is 5.51. The van der Waals surface area contributed by atoms with E-state index in [9.17, 15) is 4.79 Å². The molecule has 1 fully saturated rings. The number of fused-ring (bicyclic) bond motifs is 3. The Labute approximate surface area is 168 Å². The van der Waals surface area contributed by atoms with Gasteiger partial charge in [-0.25, -0.2) is 0 Å². The van der Waals surface area contributed by atoms with Crippen molar-refractivity contribution in [3.05, 3.63) is 75.8 Å². The number of hydrogen-bond donors (Lipinski definition) is 1. The van der Waals surface area contributed by atoms with Gasteiger partial charge in [0.25, 0.3) is 5.91 Å². The molecular weight excluding hydrogens is 400 g/mol. The van der Waals surface area contributed by atoms with Crippen LogP contribution in [-0.2, 0) is 0 Å². The summed E-state index contributed by atoms with van der Waals surface area (Å²) in [4.78, 5) is 15.2. The number of allylic oxidation sites excluding steroid dienone is 2. The first-order valence-corrected chi connectivity index (χ1v) is 10.6. The molecule has 1 amide bonds. The third kappa shape index (κ3) is 2.91. The lowest BCUT2D eigenvalue weighted by atomic mass is 9.76. The Kier molecular flexibility index (Phi) is 4.31. The van der Waals surface area contributed by atoms with E-state index in [-0.39, 0.29) is 11.9 Å². The summed E-state index contributed by atoms with van der Waals surface area (Å²) >= 11 is 3.54. The Morgan fingerprint density at radius 2 is 1.85 bits per heavy atom. The summed E-state index contributed by atoms with van der Waals surface area (Å²) in [6.07, 6.45) is 7.93. The zero-order valence-electron chi connectivity index (χ0n) is 15.2. The smallest absolute Gasteiger partial charge is 0.255 e. The summed E-state index contributed by atoms with van der Waals surface area (Å²) in [5.41, 5.74) is 4.42. The molecule has 0 spiro atoms. The van der Waals surface area contributed by atoms with Crippen molar-refractivity contribution in [2.45, 2.75) is 31.2 Å². The average molecular weight is 423 g/mol. The van der Waals surface area contributed by atoms with Gasteiger partial charge in [0, 0.05) is 23.5 Å². The number of rotatable bonds is 2. The maximum absolute atomic E-state index is 13.2. The van der Waals surface area contributed by atoms with Crippen molar-refractivity contribution >= 4 is 27.5 Å². The standard InChI is InChI=1S/C23H23BrN2O/c24-16-11-9-15(10-12-16)21-18-6-3-5-17(18)19-7-4-8-20(22(19)25-21)23(27)26-13-1-2-14-26/h3-5,7-12,17-18,21,25H,1-2,6,13-14H2/t17-,18-,21+/m0/s1. The molecule has 2 heterocycles. The maximum atomic E-state index is 13.2. The lowest BCUT2D eigenvalue weighted by Gasteiger charge is -2.38. The Balaban J connectivity index is 1.57. The number of likely N-dealkylation sites (tertiary alicyclic amines) is 1. The SMILES string of the molecule is O=C(c1cccc2c1N[C@H](c1ccc(Br)cc1)[C@H]1CC=C[C@H]21)N1CCCC1. The van der Waals surface area contributed by atoms with E-state index < -0.39 is 0 Å². The van der Waals surface area contributed by atoms with Crippen molar-refractivity contribution in [3.8, 4) is 0 Å². The fourth-order valence-electron chi connectivity index (χ4n) is 4.89. The van der Waals surface area contributed by atoms with E-state index in [2.05, 4.69) is 63.7 Å². The van der Waals surface area contributed by atoms with Gasteiger partial charge >= 0.3 is 0 Å². The van der Waals surface area contributed by atoms with E-state index >= 15 is 0 Å². The number of benzene rings is 2. The van der Waals surface area contributed by atoms with Crippen LogP contribution in [0.25, 0.3) is 0 Å². The third-order valence-electron chi connectivity index (χ3n) is 6.25. The number of nitrogens with zero attached hydrogens (tertiary/aromatic N) is 1. The number of hydrogen-bond acceptors (Lipinski definition) is 2. The van der Waals surface area contributed by atoms with Crippen molar-refractivity contribution in [2.75, 3.05) is 18.4 Å². The largest absolute Gasteiger partial charge is 0.377 e. The van der Waals surface area contributed by atoms with E-state index in [1.807, 2.05) is 17.0 Å². The van der Waals surface area contributed by atoms with Gasteiger partial charge in [0.2, 0.25) is 0 Å². The quantitative estimate of drug-likeness (QED) is 0.646. The highest BCUT2D eigenvalue weighted by Gasteiger charge is 2.39. The molecule has 0 radical (unpaired) electrons. The molecule has 3 atom stereocenters. The van der Waals surface area contributed by atoms with Crippen LogP contribution in [0.2, 0.25) is 0 Å². The summed E-state index contributed by atoms with van der Waals surface area (Å²) in [7, 11) is 0. The normalized spacial score (nSPS) is 25.8. The van der Waals surface area contributed by atoms with Gasteiger partial charge in [0.15, 0.2) is 0 Å². The van der Waals surface area contributed by atoms with Gasteiger partial charge < -0.3 is 10.2 Å². The van der Waals surface area contributed by atoms with Crippen LogP contribution in [0, 0.1) is 5.92 Å². The topological polar surface area (TPSA) is 32.3 Å². The first kappa shape index (κ1) is 17.1. The molecule has 4 heteroatoms. The molecule has 3 nitrogen and oxygen atoms in total. The zero-order valence-corrected chi connectivity index (χ0v) is 16.8. The van der Waals surface area contributed by atoms with Gasteiger partial charge in [-0.3, -0.25) is 4.79 Å². The van der Waals surface area contributed by atoms with Crippen molar-refractivity contribution < 1.29 is 4.79 Å². The highest BCUT2D eigenvalue weighted by molar-refractivity contribution is 9.10. The molecule has 1 saturated heterocycles. The van der Waals surface area contributed by atoms with Gasteiger partial charge in [-0.1, -0.05) is 52.3 Å². The monoisotopic (exact) mass is 422 g/mol. The molecule has 0 unspecified atom stereocenters. The molecule has 2 aliphatic heterocycles. The molecule has 0 bridgehead atoms. The number of anilines is 1. The second kappa shape index (κ2) is 6.83. The van der Waals surface area contributed by atoms with E-state index in [1.165, 1.54) is 11.1 Å². The molecule has 5 rings (SSSR count). The van der Waals surface area contributed by atoms with E-state index in [1.54, 1.807) is 0 Å². The summed E-state index contributed by atoms with van der Waals surface area (Å²) in [6.45, 7) is 1.76.